The third-order valence-corrected chi connectivity index (χ3v) is 8.55. The van der Waals surface area contributed by atoms with Crippen LogP contribution in [0.2, 0.25) is 5.02 Å². The zero-order valence-electron chi connectivity index (χ0n) is 21.6. The summed E-state index contributed by atoms with van der Waals surface area (Å²) >= 11 is 6.56. The molecule has 2 N–H and O–H groups in total. The lowest BCUT2D eigenvalue weighted by atomic mass is 9.82. The maximum atomic E-state index is 9.74. The first-order valence-corrected chi connectivity index (χ1v) is 13.8. The van der Waals surface area contributed by atoms with E-state index in [1.54, 1.807) is 6.20 Å². The number of anilines is 2. The molecule has 1 aliphatic carbocycles. The fourth-order valence-electron chi connectivity index (χ4n) is 5.82. The topological polar surface area (TPSA) is 95.3 Å². The predicted octanol–water partition coefficient (Wildman–Crippen LogP) is 4.97. The lowest BCUT2D eigenvalue weighted by Crippen LogP contribution is -2.39. The molecular weight excluding hydrogens is 488 g/mol. The second-order valence-electron chi connectivity index (χ2n) is 10.6. The van der Waals surface area contributed by atoms with Gasteiger partial charge in [-0.25, -0.2) is 9.97 Å². The molecule has 4 heterocycles. The normalized spacial score (nSPS) is 25.9. The third kappa shape index (κ3) is 6.35. The minimum Gasteiger partial charge on any atom is -0.381 e. The van der Waals surface area contributed by atoms with Crippen LogP contribution in [0.5, 0.6) is 0 Å². The third-order valence-electron chi connectivity index (χ3n) is 8.25. The number of hydrogen-bond acceptors (Lipinski definition) is 8. The van der Waals surface area contributed by atoms with E-state index in [1.807, 2.05) is 31.4 Å². The Hall–Kier alpha value is -2.44. The summed E-state index contributed by atoms with van der Waals surface area (Å²) in [4.78, 5) is 12.0. The van der Waals surface area contributed by atoms with Gasteiger partial charge in [-0.05, 0) is 63.1 Å². The molecule has 9 heteroatoms. The van der Waals surface area contributed by atoms with Crippen molar-refractivity contribution in [3.05, 3.63) is 35.5 Å². The van der Waals surface area contributed by atoms with Crippen LogP contribution in [0.15, 0.2) is 30.5 Å². The van der Waals surface area contributed by atoms with E-state index >= 15 is 0 Å². The predicted molar refractivity (Wildman–Crippen MR) is 146 cm³/mol. The van der Waals surface area contributed by atoms with E-state index in [0.717, 1.165) is 68.1 Å². The Labute approximate surface area is 224 Å². The Morgan fingerprint density at radius 1 is 1.19 bits per heavy atom. The van der Waals surface area contributed by atoms with Gasteiger partial charge in [-0.3, -0.25) is 4.90 Å². The number of aromatic nitrogens is 2. The molecule has 5 rings (SSSR count). The molecule has 0 bridgehead atoms. The van der Waals surface area contributed by atoms with E-state index in [1.165, 1.54) is 12.8 Å². The van der Waals surface area contributed by atoms with Gasteiger partial charge < -0.3 is 20.1 Å². The highest BCUT2D eigenvalue weighted by atomic mass is 35.5. The summed E-state index contributed by atoms with van der Waals surface area (Å²) < 4.78 is 11.0. The minimum atomic E-state index is -0.416. The molecule has 1 atom stereocenters. The molecule has 2 aromatic rings. The molecule has 0 unspecified atom stereocenters. The van der Waals surface area contributed by atoms with Crippen molar-refractivity contribution in [3.63, 3.8) is 0 Å². The molecule has 0 aromatic carbocycles. The van der Waals surface area contributed by atoms with Crippen LogP contribution >= 0.6 is 11.6 Å². The number of methoxy groups -OCH3 is 1. The molecule has 3 aliphatic rings. The van der Waals surface area contributed by atoms with Crippen LogP contribution < -0.4 is 10.6 Å². The lowest BCUT2D eigenvalue weighted by molar-refractivity contribution is 0.0455. The van der Waals surface area contributed by atoms with Crippen LogP contribution in [-0.4, -0.2) is 73.0 Å². The molecule has 2 aliphatic heterocycles. The fraction of sp³-hybridized carbons (Fsp3) is 0.607. The summed E-state index contributed by atoms with van der Waals surface area (Å²) in [5.74, 6) is 1.56. The molecule has 0 spiro atoms. The number of nitriles is 1. The maximum absolute atomic E-state index is 9.74. The van der Waals surface area contributed by atoms with Crippen LogP contribution in [0.3, 0.4) is 0 Å². The first kappa shape index (κ1) is 26.2. The Morgan fingerprint density at radius 3 is 2.73 bits per heavy atom. The first-order chi connectivity index (χ1) is 18.1. The SMILES string of the molecule is CO[C@@H]1CCN(C2CCC(Nc3cc(-c4cccc(NCC5(C#N)CCOCC5)n4)c(Cl)cn3)CC2)C1. The molecule has 198 valence electrons. The number of likely N-dealkylation sites (tertiary alicyclic amines) is 1. The van der Waals surface area contributed by atoms with Crippen LogP contribution in [-0.2, 0) is 9.47 Å². The van der Waals surface area contributed by atoms with E-state index in [2.05, 4.69) is 26.6 Å². The van der Waals surface area contributed by atoms with E-state index in [-0.39, 0.29) is 0 Å². The van der Waals surface area contributed by atoms with Crippen LogP contribution in [0.25, 0.3) is 11.3 Å². The van der Waals surface area contributed by atoms with Crippen molar-refractivity contribution >= 4 is 23.2 Å². The molecule has 1 saturated carbocycles. The van der Waals surface area contributed by atoms with E-state index in [0.29, 0.717) is 43.0 Å². The van der Waals surface area contributed by atoms with Gasteiger partial charge in [-0.15, -0.1) is 0 Å². The standard InChI is InChI=1S/C28H37ClN6O2/c1-36-22-9-12-35(17-22)21-7-5-20(6-8-21)33-27-15-23(24(29)16-31-27)25-3-2-4-26(34-25)32-19-28(18-30)10-13-37-14-11-28/h2-4,15-16,20-22H,5-14,17,19H2,1H3,(H,31,33)(H,32,34)/t20?,21?,22-/m1/s1. The summed E-state index contributed by atoms with van der Waals surface area (Å²) in [5.41, 5.74) is 1.21. The van der Waals surface area contributed by atoms with Gasteiger partial charge in [0.15, 0.2) is 0 Å². The van der Waals surface area contributed by atoms with Crippen LogP contribution in [0, 0.1) is 16.7 Å². The fourth-order valence-corrected chi connectivity index (χ4v) is 6.02. The van der Waals surface area contributed by atoms with Crippen molar-refractivity contribution in [1.29, 1.82) is 5.26 Å². The average Bonchev–Trinajstić information content (AvgIpc) is 3.44. The molecule has 2 saturated heterocycles. The number of rotatable bonds is 8. The highest BCUT2D eigenvalue weighted by Crippen LogP contribution is 2.33. The Bertz CT molecular complexity index is 1090. The van der Waals surface area contributed by atoms with Crippen LogP contribution in [0.4, 0.5) is 11.6 Å². The number of ether oxygens (including phenoxy) is 2. The molecule has 0 radical (unpaired) electrons. The number of hydrogen-bond donors (Lipinski definition) is 2. The number of nitrogens with one attached hydrogen (secondary N) is 2. The van der Waals surface area contributed by atoms with Crippen molar-refractivity contribution in [2.45, 2.75) is 63.1 Å². The Kier molecular flexibility index (Phi) is 8.46. The van der Waals surface area contributed by atoms with Crippen LogP contribution in [0.1, 0.15) is 44.9 Å². The molecule has 0 amide bonds. The van der Waals surface area contributed by atoms with Gasteiger partial charge in [-0.2, -0.15) is 5.26 Å². The minimum absolute atomic E-state index is 0.393. The molecule has 37 heavy (non-hydrogen) atoms. The van der Waals surface area contributed by atoms with E-state index in [9.17, 15) is 5.26 Å². The zero-order chi connectivity index (χ0) is 25.7. The summed E-state index contributed by atoms with van der Waals surface area (Å²) in [5, 5.41) is 17.3. The zero-order valence-corrected chi connectivity index (χ0v) is 22.3. The van der Waals surface area contributed by atoms with Crippen molar-refractivity contribution < 1.29 is 9.47 Å². The highest BCUT2D eigenvalue weighted by molar-refractivity contribution is 6.33. The molecule has 2 aromatic heterocycles. The van der Waals surface area contributed by atoms with Crippen molar-refractivity contribution in [2.24, 2.45) is 5.41 Å². The van der Waals surface area contributed by atoms with Gasteiger partial charge in [0.05, 0.1) is 28.3 Å². The number of pyridine rings is 2. The van der Waals surface area contributed by atoms with Gasteiger partial charge in [-0.1, -0.05) is 17.7 Å². The van der Waals surface area contributed by atoms with Crippen molar-refractivity contribution in [3.8, 4) is 17.3 Å². The lowest BCUT2D eigenvalue weighted by Gasteiger charge is -2.35. The summed E-state index contributed by atoms with van der Waals surface area (Å²) in [6.07, 6.45) is 9.34. The number of nitrogens with zero attached hydrogens (tertiary/aromatic N) is 4. The van der Waals surface area contributed by atoms with E-state index in [4.69, 9.17) is 26.1 Å². The van der Waals surface area contributed by atoms with E-state index < -0.39 is 5.41 Å². The van der Waals surface area contributed by atoms with Gasteiger partial charge in [0.25, 0.3) is 0 Å². The second kappa shape index (κ2) is 12.0. The van der Waals surface area contributed by atoms with Gasteiger partial charge in [0.1, 0.15) is 11.6 Å². The van der Waals surface area contributed by atoms with Gasteiger partial charge in [0.2, 0.25) is 0 Å². The smallest absolute Gasteiger partial charge is 0.126 e. The Morgan fingerprint density at radius 2 is 2.00 bits per heavy atom. The van der Waals surface area contributed by atoms with Crippen molar-refractivity contribution in [1.82, 2.24) is 14.9 Å². The maximum Gasteiger partial charge on any atom is 0.126 e. The average molecular weight is 525 g/mol. The first-order valence-electron chi connectivity index (χ1n) is 13.5. The van der Waals surface area contributed by atoms with Crippen molar-refractivity contribution in [2.75, 3.05) is 50.6 Å². The number of halogens is 1. The summed E-state index contributed by atoms with van der Waals surface area (Å²) in [7, 11) is 1.82. The molecule has 3 fully saturated rings. The monoisotopic (exact) mass is 524 g/mol. The highest BCUT2D eigenvalue weighted by Gasteiger charge is 2.33. The Balaban J connectivity index is 1.20. The molecule has 8 nitrogen and oxygen atoms in total. The largest absolute Gasteiger partial charge is 0.381 e. The van der Waals surface area contributed by atoms with Gasteiger partial charge in [0, 0.05) is 63.8 Å². The summed E-state index contributed by atoms with van der Waals surface area (Å²) in [6, 6.07) is 11.4. The summed E-state index contributed by atoms with van der Waals surface area (Å²) in [6.45, 7) is 4.01. The quantitative estimate of drug-likeness (QED) is 0.499. The molecular formula is C28H37ClN6O2. The second-order valence-corrected chi connectivity index (χ2v) is 11.0. The van der Waals surface area contributed by atoms with Gasteiger partial charge >= 0.3 is 0 Å².